The summed E-state index contributed by atoms with van der Waals surface area (Å²) in [5.41, 5.74) is 1.19. The van der Waals surface area contributed by atoms with Crippen LogP contribution in [0, 0.1) is 0 Å². The molecule has 0 saturated carbocycles. The first kappa shape index (κ1) is 13.3. The molecule has 0 aliphatic heterocycles. The van der Waals surface area contributed by atoms with Crippen molar-refractivity contribution in [2.24, 2.45) is 0 Å². The molecule has 1 aromatic rings. The Labute approximate surface area is 103 Å². The molecule has 0 saturated heterocycles. The van der Waals surface area contributed by atoms with Gasteiger partial charge in [0, 0.05) is 6.04 Å². The highest BCUT2D eigenvalue weighted by Crippen LogP contribution is 2.27. The summed E-state index contributed by atoms with van der Waals surface area (Å²) in [5.74, 6) is 0.774. The SMILES string of the molecule is CCCOc1ccc(C(C)NCC)cc1Cl. The molecule has 0 spiro atoms. The van der Waals surface area contributed by atoms with Gasteiger partial charge in [-0.3, -0.25) is 0 Å². The first-order chi connectivity index (χ1) is 7.69. The van der Waals surface area contributed by atoms with Crippen LogP contribution >= 0.6 is 11.6 Å². The standard InChI is InChI=1S/C13H20ClNO/c1-4-8-16-13-7-6-11(9-12(13)14)10(3)15-5-2/h6-7,9-10,15H,4-5,8H2,1-3H3. The number of hydrogen-bond donors (Lipinski definition) is 1. The van der Waals surface area contributed by atoms with Crippen LogP contribution in [0.4, 0.5) is 0 Å². The molecule has 0 aromatic heterocycles. The van der Waals surface area contributed by atoms with Crippen molar-refractivity contribution in [3.63, 3.8) is 0 Å². The highest BCUT2D eigenvalue weighted by atomic mass is 35.5. The molecule has 0 bridgehead atoms. The lowest BCUT2D eigenvalue weighted by atomic mass is 10.1. The molecule has 1 aromatic carbocycles. The molecule has 0 fully saturated rings. The van der Waals surface area contributed by atoms with Gasteiger partial charge in [0.05, 0.1) is 11.6 Å². The second-order valence-electron chi connectivity index (χ2n) is 3.82. The smallest absolute Gasteiger partial charge is 0.137 e. The predicted octanol–water partition coefficient (Wildman–Crippen LogP) is 3.80. The minimum atomic E-state index is 0.322. The molecule has 0 radical (unpaired) electrons. The van der Waals surface area contributed by atoms with Crippen LogP contribution in [0.25, 0.3) is 0 Å². The van der Waals surface area contributed by atoms with Crippen molar-refractivity contribution in [2.45, 2.75) is 33.2 Å². The summed E-state index contributed by atoms with van der Waals surface area (Å²) in [7, 11) is 0. The van der Waals surface area contributed by atoms with Crippen LogP contribution in [0.3, 0.4) is 0 Å². The van der Waals surface area contributed by atoms with Crippen molar-refractivity contribution >= 4 is 11.6 Å². The summed E-state index contributed by atoms with van der Waals surface area (Å²) in [6.45, 7) is 7.96. The van der Waals surface area contributed by atoms with E-state index in [0.29, 0.717) is 17.7 Å². The quantitative estimate of drug-likeness (QED) is 0.818. The number of benzene rings is 1. The summed E-state index contributed by atoms with van der Waals surface area (Å²) in [6, 6.07) is 6.30. The van der Waals surface area contributed by atoms with Gasteiger partial charge in [0.25, 0.3) is 0 Å². The van der Waals surface area contributed by atoms with E-state index in [0.717, 1.165) is 18.7 Å². The third kappa shape index (κ3) is 3.69. The summed E-state index contributed by atoms with van der Waals surface area (Å²) in [5, 5.41) is 4.04. The van der Waals surface area contributed by atoms with Gasteiger partial charge in [-0.1, -0.05) is 31.5 Å². The first-order valence-electron chi connectivity index (χ1n) is 5.84. The van der Waals surface area contributed by atoms with Crippen LogP contribution < -0.4 is 10.1 Å². The van der Waals surface area contributed by atoms with Gasteiger partial charge < -0.3 is 10.1 Å². The van der Waals surface area contributed by atoms with Crippen LogP contribution in [0.15, 0.2) is 18.2 Å². The van der Waals surface area contributed by atoms with Gasteiger partial charge in [-0.25, -0.2) is 0 Å². The van der Waals surface area contributed by atoms with E-state index in [1.165, 1.54) is 5.56 Å². The number of rotatable bonds is 6. The van der Waals surface area contributed by atoms with E-state index in [1.807, 2.05) is 12.1 Å². The van der Waals surface area contributed by atoms with Gasteiger partial charge >= 0.3 is 0 Å². The molecule has 16 heavy (non-hydrogen) atoms. The van der Waals surface area contributed by atoms with E-state index in [-0.39, 0.29) is 0 Å². The summed E-state index contributed by atoms with van der Waals surface area (Å²) in [4.78, 5) is 0. The van der Waals surface area contributed by atoms with Crippen molar-refractivity contribution in [1.82, 2.24) is 5.32 Å². The Balaban J connectivity index is 2.73. The highest BCUT2D eigenvalue weighted by molar-refractivity contribution is 6.32. The molecule has 0 aliphatic carbocycles. The largest absolute Gasteiger partial charge is 0.492 e. The van der Waals surface area contributed by atoms with Gasteiger partial charge in [0.1, 0.15) is 5.75 Å². The van der Waals surface area contributed by atoms with Crippen molar-refractivity contribution in [3.05, 3.63) is 28.8 Å². The Morgan fingerprint density at radius 2 is 2.12 bits per heavy atom. The molecule has 1 atom stereocenters. The second-order valence-corrected chi connectivity index (χ2v) is 4.22. The van der Waals surface area contributed by atoms with Gasteiger partial charge in [0.2, 0.25) is 0 Å². The zero-order valence-corrected chi connectivity index (χ0v) is 11.0. The normalized spacial score (nSPS) is 12.5. The topological polar surface area (TPSA) is 21.3 Å². The molecule has 1 unspecified atom stereocenters. The predicted molar refractivity (Wildman–Crippen MR) is 69.3 cm³/mol. The summed E-state index contributed by atoms with van der Waals surface area (Å²) in [6.07, 6.45) is 0.992. The van der Waals surface area contributed by atoms with E-state index >= 15 is 0 Å². The van der Waals surface area contributed by atoms with Crippen LogP contribution in [0.1, 0.15) is 38.8 Å². The highest BCUT2D eigenvalue weighted by Gasteiger charge is 2.07. The molecule has 2 nitrogen and oxygen atoms in total. The number of hydrogen-bond acceptors (Lipinski definition) is 2. The Bertz CT molecular complexity index is 328. The lowest BCUT2D eigenvalue weighted by molar-refractivity contribution is 0.317. The third-order valence-electron chi connectivity index (χ3n) is 2.43. The lowest BCUT2D eigenvalue weighted by Gasteiger charge is -2.14. The van der Waals surface area contributed by atoms with Crippen LogP contribution in [-0.4, -0.2) is 13.2 Å². The maximum atomic E-state index is 6.16. The van der Waals surface area contributed by atoms with Crippen LogP contribution in [0.2, 0.25) is 5.02 Å². The van der Waals surface area contributed by atoms with Crippen molar-refractivity contribution in [2.75, 3.05) is 13.2 Å². The fraction of sp³-hybridized carbons (Fsp3) is 0.538. The third-order valence-corrected chi connectivity index (χ3v) is 2.72. The molecular formula is C13H20ClNO. The molecule has 1 N–H and O–H groups in total. The molecular weight excluding hydrogens is 222 g/mol. The second kappa shape index (κ2) is 6.77. The number of ether oxygens (including phenoxy) is 1. The zero-order chi connectivity index (χ0) is 12.0. The molecule has 1 rings (SSSR count). The average Bonchev–Trinajstić information content (AvgIpc) is 2.27. The van der Waals surface area contributed by atoms with Gasteiger partial charge in [0.15, 0.2) is 0 Å². The lowest BCUT2D eigenvalue weighted by Crippen LogP contribution is -2.17. The van der Waals surface area contributed by atoms with E-state index in [2.05, 4.69) is 32.2 Å². The number of nitrogens with one attached hydrogen (secondary N) is 1. The number of halogens is 1. The van der Waals surface area contributed by atoms with Crippen molar-refractivity contribution < 1.29 is 4.74 Å². The minimum absolute atomic E-state index is 0.322. The Morgan fingerprint density at radius 1 is 1.38 bits per heavy atom. The van der Waals surface area contributed by atoms with Crippen LogP contribution in [0.5, 0.6) is 5.75 Å². The Kier molecular flexibility index (Phi) is 5.64. The molecule has 0 heterocycles. The molecule has 0 amide bonds. The van der Waals surface area contributed by atoms with Crippen molar-refractivity contribution in [3.8, 4) is 5.75 Å². The monoisotopic (exact) mass is 241 g/mol. The van der Waals surface area contributed by atoms with Gasteiger partial charge in [-0.05, 0) is 37.6 Å². The van der Waals surface area contributed by atoms with E-state index in [4.69, 9.17) is 16.3 Å². The molecule has 3 heteroatoms. The van der Waals surface area contributed by atoms with Gasteiger partial charge in [-0.2, -0.15) is 0 Å². The van der Waals surface area contributed by atoms with E-state index in [1.54, 1.807) is 0 Å². The minimum Gasteiger partial charge on any atom is -0.492 e. The maximum Gasteiger partial charge on any atom is 0.137 e. The molecule has 90 valence electrons. The van der Waals surface area contributed by atoms with Crippen molar-refractivity contribution in [1.29, 1.82) is 0 Å². The van der Waals surface area contributed by atoms with Gasteiger partial charge in [-0.15, -0.1) is 0 Å². The summed E-state index contributed by atoms with van der Waals surface area (Å²) < 4.78 is 5.53. The van der Waals surface area contributed by atoms with E-state index in [9.17, 15) is 0 Å². The average molecular weight is 242 g/mol. The summed E-state index contributed by atoms with van der Waals surface area (Å²) >= 11 is 6.16. The van der Waals surface area contributed by atoms with Crippen LogP contribution in [-0.2, 0) is 0 Å². The zero-order valence-electron chi connectivity index (χ0n) is 10.2. The Morgan fingerprint density at radius 3 is 2.69 bits per heavy atom. The fourth-order valence-electron chi connectivity index (χ4n) is 1.54. The first-order valence-corrected chi connectivity index (χ1v) is 6.22. The fourth-order valence-corrected chi connectivity index (χ4v) is 1.78. The Hall–Kier alpha value is -0.730. The van der Waals surface area contributed by atoms with E-state index < -0.39 is 0 Å². The molecule has 0 aliphatic rings. The maximum absolute atomic E-state index is 6.16.